The number of hydrogen-bond donors (Lipinski definition) is 3. The second-order valence-electron chi connectivity index (χ2n) is 7.26. The molecule has 1 fully saturated rings. The van der Waals surface area contributed by atoms with Crippen LogP contribution < -0.4 is 21.8 Å². The Hall–Kier alpha value is -2.46. The molecule has 3 heterocycles. The first-order chi connectivity index (χ1) is 13.4. The standard InChI is InChI=1S/C19H25N7OS/c1-13-7-12-28-16(13)17(27)26-18(20)22-19(21,23-26)14-3-5-15(6-4-14)25-10-8-24(2)9-11-25/h3-7,12,23H,8-11,21H2,1-2H3,(H2,20,22). The van der Waals surface area contributed by atoms with E-state index in [2.05, 4.69) is 27.3 Å². The van der Waals surface area contributed by atoms with Gasteiger partial charge in [0.2, 0.25) is 11.7 Å². The molecular weight excluding hydrogens is 374 g/mol. The predicted octanol–water partition coefficient (Wildman–Crippen LogP) is 0.853. The number of aryl methyl sites for hydroxylation is 1. The smallest absolute Gasteiger partial charge is 0.285 e. The Kier molecular flexibility index (Phi) is 4.84. The SMILES string of the molecule is Cc1ccsc1C(=O)N1NC(N)(c2ccc(N3CCN(C)CC3)cc2)N=C1N. The lowest BCUT2D eigenvalue weighted by Gasteiger charge is -2.34. The number of nitrogens with zero attached hydrogens (tertiary/aromatic N) is 4. The molecule has 1 unspecified atom stereocenters. The minimum atomic E-state index is -1.27. The summed E-state index contributed by atoms with van der Waals surface area (Å²) in [7, 11) is 2.14. The van der Waals surface area contributed by atoms with Gasteiger partial charge in [-0.2, -0.15) is 5.43 Å². The van der Waals surface area contributed by atoms with Crippen LogP contribution in [0.3, 0.4) is 0 Å². The first-order valence-corrected chi connectivity index (χ1v) is 10.1. The Morgan fingerprint density at radius 2 is 1.86 bits per heavy atom. The molecule has 2 aromatic rings. The normalized spacial score (nSPS) is 23.2. The van der Waals surface area contributed by atoms with E-state index in [0.717, 1.165) is 43.0 Å². The van der Waals surface area contributed by atoms with Crippen molar-refractivity contribution in [1.29, 1.82) is 0 Å². The van der Waals surface area contributed by atoms with Gasteiger partial charge in [-0.05, 0) is 43.1 Å². The third-order valence-corrected chi connectivity index (χ3v) is 6.24. The highest BCUT2D eigenvalue weighted by molar-refractivity contribution is 7.12. The minimum absolute atomic E-state index is 0.0587. The number of hydrazine groups is 1. The van der Waals surface area contributed by atoms with Gasteiger partial charge in [-0.25, -0.2) is 10.0 Å². The molecule has 1 aromatic heterocycles. The molecule has 0 spiro atoms. The van der Waals surface area contributed by atoms with Crippen LogP contribution in [-0.2, 0) is 5.79 Å². The van der Waals surface area contributed by atoms with Crippen molar-refractivity contribution in [3.05, 3.63) is 51.7 Å². The molecule has 148 valence electrons. The molecule has 1 saturated heterocycles. The number of aliphatic imine (C=N–C) groups is 1. The summed E-state index contributed by atoms with van der Waals surface area (Å²) in [5.74, 6) is -1.47. The molecule has 0 bridgehead atoms. The Bertz CT molecular complexity index is 901. The van der Waals surface area contributed by atoms with Gasteiger partial charge in [-0.1, -0.05) is 12.1 Å². The van der Waals surface area contributed by atoms with E-state index in [-0.39, 0.29) is 11.9 Å². The molecular formula is C19H25N7OS. The number of hydrogen-bond acceptors (Lipinski definition) is 8. The summed E-state index contributed by atoms with van der Waals surface area (Å²) >= 11 is 1.37. The number of anilines is 1. The third kappa shape index (κ3) is 3.37. The number of guanidine groups is 1. The van der Waals surface area contributed by atoms with Gasteiger partial charge >= 0.3 is 0 Å². The number of likely N-dealkylation sites (N-methyl/N-ethyl adjacent to an activating group) is 1. The maximum Gasteiger partial charge on any atom is 0.285 e. The van der Waals surface area contributed by atoms with Gasteiger partial charge in [-0.15, -0.1) is 11.3 Å². The number of thiophene rings is 1. The van der Waals surface area contributed by atoms with Crippen molar-refractivity contribution in [2.45, 2.75) is 12.7 Å². The van der Waals surface area contributed by atoms with Gasteiger partial charge in [0.05, 0.1) is 4.88 Å². The quantitative estimate of drug-likeness (QED) is 0.707. The Balaban J connectivity index is 1.51. The van der Waals surface area contributed by atoms with E-state index in [9.17, 15) is 4.79 Å². The van der Waals surface area contributed by atoms with E-state index in [1.807, 2.05) is 42.6 Å². The highest BCUT2D eigenvalue weighted by Gasteiger charge is 2.40. The highest BCUT2D eigenvalue weighted by Crippen LogP contribution is 2.27. The van der Waals surface area contributed by atoms with Gasteiger partial charge in [-0.3, -0.25) is 10.5 Å². The van der Waals surface area contributed by atoms with Crippen LogP contribution in [0.15, 0.2) is 40.7 Å². The maximum absolute atomic E-state index is 12.8. The van der Waals surface area contributed by atoms with Crippen LogP contribution >= 0.6 is 11.3 Å². The van der Waals surface area contributed by atoms with Crippen molar-refractivity contribution in [2.24, 2.45) is 16.5 Å². The van der Waals surface area contributed by atoms with Crippen molar-refractivity contribution >= 4 is 28.9 Å². The summed E-state index contributed by atoms with van der Waals surface area (Å²) in [6, 6.07) is 9.84. The highest BCUT2D eigenvalue weighted by atomic mass is 32.1. The van der Waals surface area contributed by atoms with E-state index < -0.39 is 5.79 Å². The van der Waals surface area contributed by atoms with Crippen molar-refractivity contribution < 1.29 is 4.79 Å². The molecule has 0 radical (unpaired) electrons. The number of nitrogens with two attached hydrogens (primary N) is 2. The number of carbonyl (C=O) groups is 1. The van der Waals surface area contributed by atoms with Gasteiger partial charge in [0.15, 0.2) is 0 Å². The van der Waals surface area contributed by atoms with Gasteiger partial charge in [0, 0.05) is 37.4 Å². The minimum Gasteiger partial charge on any atom is -0.369 e. The molecule has 28 heavy (non-hydrogen) atoms. The molecule has 5 N–H and O–H groups in total. The van der Waals surface area contributed by atoms with Gasteiger partial charge in [0.1, 0.15) is 0 Å². The van der Waals surface area contributed by atoms with E-state index >= 15 is 0 Å². The molecule has 2 aliphatic heterocycles. The van der Waals surface area contributed by atoms with Crippen LogP contribution in [0.5, 0.6) is 0 Å². The molecule has 0 aliphatic carbocycles. The summed E-state index contributed by atoms with van der Waals surface area (Å²) < 4.78 is 0. The second kappa shape index (κ2) is 7.17. The lowest BCUT2D eigenvalue weighted by Crippen LogP contribution is -2.54. The monoisotopic (exact) mass is 399 g/mol. The zero-order valence-electron chi connectivity index (χ0n) is 16.1. The lowest BCUT2D eigenvalue weighted by molar-refractivity contribution is 0.0757. The fourth-order valence-electron chi connectivity index (χ4n) is 3.45. The van der Waals surface area contributed by atoms with Gasteiger partial charge in [0.25, 0.3) is 5.91 Å². The summed E-state index contributed by atoms with van der Waals surface area (Å²) in [5.41, 5.74) is 18.2. The van der Waals surface area contributed by atoms with E-state index in [1.54, 1.807) is 0 Å². The molecule has 4 rings (SSSR count). The zero-order chi connectivity index (χ0) is 19.9. The molecule has 1 atom stereocenters. The van der Waals surface area contributed by atoms with E-state index in [1.165, 1.54) is 16.3 Å². The van der Waals surface area contributed by atoms with Crippen LogP contribution in [0.25, 0.3) is 0 Å². The molecule has 2 aliphatic rings. The molecule has 0 saturated carbocycles. The van der Waals surface area contributed by atoms with Gasteiger partial charge < -0.3 is 15.5 Å². The van der Waals surface area contributed by atoms with Crippen LogP contribution in [0.2, 0.25) is 0 Å². The third-order valence-electron chi connectivity index (χ3n) is 5.24. The van der Waals surface area contributed by atoms with Crippen LogP contribution in [0.4, 0.5) is 5.69 Å². The second-order valence-corrected chi connectivity index (χ2v) is 8.17. The fraction of sp³-hybridized carbons (Fsp3) is 0.368. The lowest BCUT2D eigenvalue weighted by atomic mass is 10.1. The van der Waals surface area contributed by atoms with Crippen LogP contribution in [0.1, 0.15) is 20.8 Å². The summed E-state index contributed by atoms with van der Waals surface area (Å²) in [6.07, 6.45) is 0. The predicted molar refractivity (Wildman–Crippen MR) is 112 cm³/mol. The number of benzene rings is 1. The summed E-state index contributed by atoms with van der Waals surface area (Å²) in [4.78, 5) is 22.4. The number of nitrogens with one attached hydrogen (secondary N) is 1. The zero-order valence-corrected chi connectivity index (χ0v) is 16.9. The van der Waals surface area contributed by atoms with Crippen molar-refractivity contribution in [2.75, 3.05) is 38.1 Å². The summed E-state index contributed by atoms with van der Waals surface area (Å²) in [5, 5.41) is 3.10. The van der Waals surface area contributed by atoms with E-state index in [0.29, 0.717) is 4.88 Å². The molecule has 1 aromatic carbocycles. The van der Waals surface area contributed by atoms with Crippen molar-refractivity contribution in [3.8, 4) is 0 Å². The number of carbonyl (C=O) groups excluding carboxylic acids is 1. The largest absolute Gasteiger partial charge is 0.369 e. The average molecular weight is 400 g/mol. The summed E-state index contributed by atoms with van der Waals surface area (Å²) in [6.45, 7) is 5.97. The Morgan fingerprint density at radius 1 is 1.18 bits per heavy atom. The maximum atomic E-state index is 12.8. The topological polar surface area (TPSA) is 103 Å². The molecule has 1 amide bonds. The van der Waals surface area contributed by atoms with Crippen LogP contribution in [0, 0.1) is 6.92 Å². The fourth-order valence-corrected chi connectivity index (χ4v) is 4.31. The number of rotatable bonds is 3. The van der Waals surface area contributed by atoms with E-state index in [4.69, 9.17) is 11.5 Å². The Labute approximate surface area is 168 Å². The number of amides is 1. The first kappa shape index (κ1) is 18.9. The first-order valence-electron chi connectivity index (χ1n) is 9.22. The number of piperazine rings is 1. The van der Waals surface area contributed by atoms with Crippen molar-refractivity contribution in [1.82, 2.24) is 15.3 Å². The average Bonchev–Trinajstić information content (AvgIpc) is 3.25. The van der Waals surface area contributed by atoms with Crippen molar-refractivity contribution in [3.63, 3.8) is 0 Å². The molecule has 9 heteroatoms. The van der Waals surface area contributed by atoms with Crippen LogP contribution in [-0.4, -0.2) is 55.0 Å². The molecule has 8 nitrogen and oxygen atoms in total. The Morgan fingerprint density at radius 3 is 2.46 bits per heavy atom.